The van der Waals surface area contributed by atoms with E-state index in [-0.39, 0.29) is 10.5 Å². The van der Waals surface area contributed by atoms with Gasteiger partial charge < -0.3 is 4.74 Å². The summed E-state index contributed by atoms with van der Waals surface area (Å²) < 4.78 is 30.9. The van der Waals surface area contributed by atoms with Crippen LogP contribution in [-0.4, -0.2) is 25.4 Å². The van der Waals surface area contributed by atoms with E-state index >= 15 is 0 Å². The number of methoxy groups -OCH3 is 1. The Labute approximate surface area is 152 Å². The summed E-state index contributed by atoms with van der Waals surface area (Å²) in [5.74, 6) is 0.522. The van der Waals surface area contributed by atoms with Gasteiger partial charge in [0.05, 0.1) is 12.0 Å². The van der Waals surface area contributed by atoms with Crippen LogP contribution in [-0.2, 0) is 9.84 Å². The van der Waals surface area contributed by atoms with Gasteiger partial charge in [-0.05, 0) is 57.9 Å². The second-order valence-electron chi connectivity index (χ2n) is 4.85. The number of alkyl halides is 1. The van der Waals surface area contributed by atoms with Crippen molar-refractivity contribution in [3.05, 3.63) is 69.2 Å². The van der Waals surface area contributed by atoms with Gasteiger partial charge in [0.25, 0.3) is 4.95 Å². The van der Waals surface area contributed by atoms with E-state index in [1.807, 2.05) is 0 Å². The van der Waals surface area contributed by atoms with Gasteiger partial charge in [-0.15, -0.1) is 0 Å². The molecule has 0 aliphatic heterocycles. The average Bonchev–Trinajstić information content (AvgIpc) is 2.55. The molecule has 128 valence electrons. The molecule has 0 saturated carbocycles. The van der Waals surface area contributed by atoms with Crippen LogP contribution in [0.15, 0.2) is 53.4 Å². The number of halogens is 2. The van der Waals surface area contributed by atoms with Crippen LogP contribution in [0, 0.1) is 10.1 Å². The van der Waals surface area contributed by atoms with Crippen LogP contribution in [0.2, 0.25) is 5.02 Å². The highest BCUT2D eigenvalue weighted by molar-refractivity contribution is 9.09. The molecule has 0 bridgehead atoms. The Kier molecular flexibility index (Phi) is 5.84. The maximum atomic E-state index is 12.9. The quantitative estimate of drug-likeness (QED) is 0.298. The SMILES string of the molecule is COc1ccc(C(C(Br)[N+](=O)[O-])S(=O)(=O)c2ccc(Cl)cc2)cc1. The van der Waals surface area contributed by atoms with Gasteiger partial charge >= 0.3 is 0 Å². The molecular weight excluding hydrogens is 422 g/mol. The number of rotatable bonds is 6. The summed E-state index contributed by atoms with van der Waals surface area (Å²) in [5, 5.41) is 10.2. The first-order valence-corrected chi connectivity index (χ1v) is 9.52. The van der Waals surface area contributed by atoms with Gasteiger partial charge in [0.1, 0.15) is 5.75 Å². The molecule has 0 aromatic heterocycles. The van der Waals surface area contributed by atoms with Crippen molar-refractivity contribution in [2.75, 3.05) is 7.11 Å². The summed E-state index contributed by atoms with van der Waals surface area (Å²) in [4.78, 5) is 8.99. The molecule has 0 heterocycles. The summed E-state index contributed by atoms with van der Waals surface area (Å²) in [7, 11) is -2.55. The first-order valence-electron chi connectivity index (χ1n) is 6.68. The number of hydrogen-bond acceptors (Lipinski definition) is 5. The van der Waals surface area contributed by atoms with E-state index in [2.05, 4.69) is 15.9 Å². The normalized spacial score (nSPS) is 14.0. The van der Waals surface area contributed by atoms with Gasteiger partial charge in [0.15, 0.2) is 15.1 Å². The minimum atomic E-state index is -4.02. The molecule has 24 heavy (non-hydrogen) atoms. The van der Waals surface area contributed by atoms with Crippen molar-refractivity contribution in [3.8, 4) is 5.75 Å². The van der Waals surface area contributed by atoms with Crippen molar-refractivity contribution in [3.63, 3.8) is 0 Å². The Morgan fingerprint density at radius 3 is 2.12 bits per heavy atom. The summed E-state index contributed by atoms with van der Waals surface area (Å²) in [6, 6.07) is 11.6. The zero-order chi connectivity index (χ0) is 17.9. The van der Waals surface area contributed by atoms with E-state index < -0.39 is 25.0 Å². The molecule has 0 aliphatic carbocycles. The maximum absolute atomic E-state index is 12.9. The number of nitrogens with zero attached hydrogens (tertiary/aromatic N) is 1. The Bertz CT molecular complexity index is 824. The molecule has 0 radical (unpaired) electrons. The van der Waals surface area contributed by atoms with Crippen molar-refractivity contribution in [2.45, 2.75) is 15.1 Å². The van der Waals surface area contributed by atoms with Crippen molar-refractivity contribution in [2.24, 2.45) is 0 Å². The van der Waals surface area contributed by atoms with Crippen LogP contribution in [0.25, 0.3) is 0 Å². The number of hydrogen-bond donors (Lipinski definition) is 0. The van der Waals surface area contributed by atoms with E-state index in [0.29, 0.717) is 10.8 Å². The molecule has 0 saturated heterocycles. The zero-order valence-electron chi connectivity index (χ0n) is 12.4. The smallest absolute Gasteiger partial charge is 0.286 e. The van der Waals surface area contributed by atoms with Crippen molar-refractivity contribution in [1.82, 2.24) is 0 Å². The third-order valence-corrected chi connectivity index (χ3v) is 6.96. The van der Waals surface area contributed by atoms with E-state index in [1.165, 1.54) is 43.5 Å². The van der Waals surface area contributed by atoms with Crippen LogP contribution in [0.4, 0.5) is 0 Å². The monoisotopic (exact) mass is 433 g/mol. The summed E-state index contributed by atoms with van der Waals surface area (Å²) in [6.07, 6.45) is 0. The lowest BCUT2D eigenvalue weighted by atomic mass is 10.1. The Morgan fingerprint density at radius 1 is 1.12 bits per heavy atom. The van der Waals surface area contributed by atoms with Crippen LogP contribution in [0.3, 0.4) is 0 Å². The van der Waals surface area contributed by atoms with E-state index in [4.69, 9.17) is 16.3 Å². The van der Waals surface area contributed by atoms with Gasteiger partial charge in [0, 0.05) is 9.95 Å². The van der Waals surface area contributed by atoms with Gasteiger partial charge in [-0.3, -0.25) is 10.1 Å². The first kappa shape index (κ1) is 18.7. The van der Waals surface area contributed by atoms with Crippen molar-refractivity contribution in [1.29, 1.82) is 0 Å². The fraction of sp³-hybridized carbons (Fsp3) is 0.200. The molecule has 0 N–H and O–H groups in total. The molecule has 2 atom stereocenters. The number of sulfone groups is 1. The highest BCUT2D eigenvalue weighted by atomic mass is 79.9. The van der Waals surface area contributed by atoms with Crippen LogP contribution in [0.1, 0.15) is 10.8 Å². The summed E-state index contributed by atoms with van der Waals surface area (Å²) >= 11 is 8.67. The van der Waals surface area contributed by atoms with Crippen molar-refractivity contribution >= 4 is 37.4 Å². The summed E-state index contributed by atoms with van der Waals surface area (Å²) in [5.41, 5.74) is 0.282. The van der Waals surface area contributed by atoms with Crippen LogP contribution >= 0.6 is 27.5 Å². The second kappa shape index (κ2) is 7.50. The lowest BCUT2D eigenvalue weighted by Gasteiger charge is -2.18. The molecule has 2 aromatic rings. The minimum Gasteiger partial charge on any atom is -0.497 e. The molecule has 2 unspecified atom stereocenters. The molecule has 2 rings (SSSR count). The Morgan fingerprint density at radius 2 is 1.67 bits per heavy atom. The molecule has 0 spiro atoms. The second-order valence-corrected chi connectivity index (χ2v) is 8.29. The standard InChI is InChI=1S/C15H13BrClNO5S/c1-23-12-6-2-10(3-7-12)14(15(16)18(19)20)24(21,22)13-8-4-11(17)5-9-13/h2-9,14-15H,1H3. The fourth-order valence-corrected chi connectivity index (χ4v) is 5.16. The molecular formula is C15H13BrClNO5S. The predicted octanol–water partition coefficient (Wildman–Crippen LogP) is 3.86. The van der Waals surface area contributed by atoms with Gasteiger partial charge in [-0.25, -0.2) is 8.42 Å². The van der Waals surface area contributed by atoms with Crippen LogP contribution in [0.5, 0.6) is 5.75 Å². The minimum absolute atomic E-state index is 0.0426. The largest absolute Gasteiger partial charge is 0.497 e. The third-order valence-electron chi connectivity index (χ3n) is 3.37. The molecule has 6 nitrogen and oxygen atoms in total. The van der Waals surface area contributed by atoms with E-state index in [0.717, 1.165) is 0 Å². The molecule has 2 aromatic carbocycles. The lowest BCUT2D eigenvalue weighted by molar-refractivity contribution is -0.493. The van der Waals surface area contributed by atoms with Crippen LogP contribution < -0.4 is 4.74 Å². The van der Waals surface area contributed by atoms with Gasteiger partial charge in [-0.2, -0.15) is 0 Å². The lowest BCUT2D eigenvalue weighted by Crippen LogP contribution is -2.28. The average molecular weight is 435 g/mol. The van der Waals surface area contributed by atoms with E-state index in [1.54, 1.807) is 12.1 Å². The highest BCUT2D eigenvalue weighted by Gasteiger charge is 2.41. The third kappa shape index (κ3) is 3.88. The zero-order valence-corrected chi connectivity index (χ0v) is 15.6. The Balaban J connectivity index is 2.56. The topological polar surface area (TPSA) is 86.5 Å². The Hall–Kier alpha value is -1.64. The van der Waals surface area contributed by atoms with Crippen molar-refractivity contribution < 1.29 is 18.1 Å². The molecule has 0 fully saturated rings. The van der Waals surface area contributed by atoms with E-state index in [9.17, 15) is 18.5 Å². The van der Waals surface area contributed by atoms with Gasteiger partial charge in [-0.1, -0.05) is 23.7 Å². The number of ether oxygens (including phenoxy) is 1. The molecule has 0 aliphatic rings. The maximum Gasteiger partial charge on any atom is 0.286 e. The molecule has 0 amide bonds. The summed E-state index contributed by atoms with van der Waals surface area (Å²) in [6.45, 7) is 0. The number of nitro groups is 1. The predicted molar refractivity (Wildman–Crippen MR) is 94.1 cm³/mol. The first-order chi connectivity index (χ1) is 11.3. The fourth-order valence-electron chi connectivity index (χ4n) is 2.16. The number of benzene rings is 2. The molecule has 9 heteroatoms. The highest BCUT2D eigenvalue weighted by Crippen LogP contribution is 2.36. The van der Waals surface area contributed by atoms with Gasteiger partial charge in [0.2, 0.25) is 0 Å².